The summed E-state index contributed by atoms with van der Waals surface area (Å²) in [5.41, 5.74) is 1.66. The molecule has 10 heteroatoms. The molecule has 0 fully saturated rings. The molecule has 0 bridgehead atoms. The summed E-state index contributed by atoms with van der Waals surface area (Å²) in [5.74, 6) is -0.296. The van der Waals surface area contributed by atoms with Gasteiger partial charge in [-0.15, -0.1) is 11.3 Å². The largest absolute Gasteiger partial charge is 0.312 e. The van der Waals surface area contributed by atoms with Gasteiger partial charge in [-0.1, -0.05) is 0 Å². The van der Waals surface area contributed by atoms with Gasteiger partial charge < -0.3 is 10.2 Å². The molecule has 0 aliphatic carbocycles. The standard InChI is InChI=1S/C14H18N6O3S/c1-8-13(20(22)23)9(2)19(17-8)7-12(21)16-14-15-10-4-5-18(3)6-11(10)24-14/h4-7H2,1-3H3,(H,15,16,21). The zero-order valence-corrected chi connectivity index (χ0v) is 14.5. The molecule has 24 heavy (non-hydrogen) atoms. The molecule has 1 amide bonds. The number of nitrogens with zero attached hydrogens (tertiary/aromatic N) is 5. The van der Waals surface area contributed by atoms with E-state index in [4.69, 9.17) is 0 Å². The molecule has 0 radical (unpaired) electrons. The van der Waals surface area contributed by atoms with E-state index >= 15 is 0 Å². The first-order valence-corrected chi connectivity index (χ1v) is 8.32. The van der Waals surface area contributed by atoms with Gasteiger partial charge in [0.25, 0.3) is 0 Å². The van der Waals surface area contributed by atoms with Crippen molar-refractivity contribution in [3.8, 4) is 0 Å². The first-order valence-electron chi connectivity index (χ1n) is 7.50. The Morgan fingerprint density at radius 2 is 2.21 bits per heavy atom. The van der Waals surface area contributed by atoms with Crippen LogP contribution in [0.25, 0.3) is 0 Å². The van der Waals surface area contributed by atoms with Crippen LogP contribution in [0.2, 0.25) is 0 Å². The van der Waals surface area contributed by atoms with Crippen molar-refractivity contribution < 1.29 is 9.72 Å². The minimum atomic E-state index is -0.475. The predicted molar refractivity (Wildman–Crippen MR) is 89.1 cm³/mol. The van der Waals surface area contributed by atoms with Crippen molar-refractivity contribution >= 4 is 28.1 Å². The fourth-order valence-corrected chi connectivity index (χ4v) is 3.88. The second-order valence-electron chi connectivity index (χ2n) is 5.86. The van der Waals surface area contributed by atoms with Gasteiger partial charge in [-0.3, -0.25) is 19.6 Å². The number of anilines is 1. The van der Waals surface area contributed by atoms with Gasteiger partial charge in [0, 0.05) is 24.4 Å². The van der Waals surface area contributed by atoms with Crippen molar-refractivity contribution in [2.24, 2.45) is 0 Å². The van der Waals surface area contributed by atoms with Crippen LogP contribution >= 0.6 is 11.3 Å². The number of rotatable bonds is 4. The van der Waals surface area contributed by atoms with Crippen LogP contribution in [0, 0.1) is 24.0 Å². The van der Waals surface area contributed by atoms with Crippen LogP contribution in [0.1, 0.15) is 22.0 Å². The second kappa shape index (κ2) is 6.29. The van der Waals surface area contributed by atoms with Gasteiger partial charge in [-0.2, -0.15) is 5.10 Å². The molecule has 128 valence electrons. The number of aromatic nitrogens is 3. The normalized spacial score (nSPS) is 14.5. The Bertz CT molecular complexity index is 812. The number of nitrogens with one attached hydrogen (secondary N) is 1. The topological polar surface area (TPSA) is 106 Å². The van der Waals surface area contributed by atoms with Crippen molar-refractivity contribution in [3.05, 3.63) is 32.1 Å². The molecule has 0 saturated carbocycles. The molecule has 0 atom stereocenters. The molecule has 3 rings (SSSR count). The van der Waals surface area contributed by atoms with Gasteiger partial charge in [0.05, 0.1) is 10.6 Å². The number of hydrogen-bond donors (Lipinski definition) is 1. The van der Waals surface area contributed by atoms with Gasteiger partial charge in [-0.25, -0.2) is 4.98 Å². The lowest BCUT2D eigenvalue weighted by molar-refractivity contribution is -0.386. The van der Waals surface area contributed by atoms with Crippen LogP contribution in [0.15, 0.2) is 0 Å². The molecule has 1 aliphatic rings. The van der Waals surface area contributed by atoms with Crippen LogP contribution < -0.4 is 5.32 Å². The van der Waals surface area contributed by atoms with Gasteiger partial charge >= 0.3 is 5.69 Å². The number of carbonyl (C=O) groups excluding carboxylic acids is 1. The Morgan fingerprint density at radius 1 is 1.46 bits per heavy atom. The molecule has 2 aromatic rings. The third-order valence-electron chi connectivity index (χ3n) is 3.99. The summed E-state index contributed by atoms with van der Waals surface area (Å²) >= 11 is 1.47. The Labute approximate surface area is 142 Å². The summed E-state index contributed by atoms with van der Waals surface area (Å²) in [6, 6.07) is 0. The number of hydrogen-bond acceptors (Lipinski definition) is 7. The lowest BCUT2D eigenvalue weighted by Crippen LogP contribution is -2.25. The van der Waals surface area contributed by atoms with Crippen LogP contribution in [-0.2, 0) is 24.3 Å². The SMILES string of the molecule is Cc1nn(CC(=O)Nc2nc3c(s2)CN(C)CC3)c(C)c1[N+](=O)[O-]. The highest BCUT2D eigenvalue weighted by atomic mass is 32.1. The highest BCUT2D eigenvalue weighted by molar-refractivity contribution is 7.15. The number of nitro groups is 1. The average Bonchev–Trinajstić information content (AvgIpc) is 2.98. The van der Waals surface area contributed by atoms with E-state index in [2.05, 4.69) is 27.3 Å². The smallest absolute Gasteiger partial charge is 0.301 e. The molecule has 1 aliphatic heterocycles. The monoisotopic (exact) mass is 350 g/mol. The molecule has 0 spiro atoms. The Morgan fingerprint density at radius 3 is 2.88 bits per heavy atom. The lowest BCUT2D eigenvalue weighted by atomic mass is 10.2. The summed E-state index contributed by atoms with van der Waals surface area (Å²) in [4.78, 5) is 30.6. The Balaban J connectivity index is 1.71. The van der Waals surface area contributed by atoms with E-state index < -0.39 is 4.92 Å². The maximum absolute atomic E-state index is 12.2. The van der Waals surface area contributed by atoms with Gasteiger partial charge in [0.1, 0.15) is 17.9 Å². The third-order valence-corrected chi connectivity index (χ3v) is 4.99. The van der Waals surface area contributed by atoms with Gasteiger partial charge in [0.2, 0.25) is 5.91 Å². The molecule has 0 saturated heterocycles. The molecule has 2 aromatic heterocycles. The predicted octanol–water partition coefficient (Wildman–Crippen LogP) is 1.49. The minimum absolute atomic E-state index is 0.0458. The highest BCUT2D eigenvalue weighted by Gasteiger charge is 2.23. The Kier molecular flexibility index (Phi) is 4.33. The molecular weight excluding hydrogens is 332 g/mol. The third kappa shape index (κ3) is 3.15. The van der Waals surface area contributed by atoms with Crippen LogP contribution in [0.4, 0.5) is 10.8 Å². The maximum Gasteiger partial charge on any atom is 0.312 e. The fourth-order valence-electron chi connectivity index (χ4n) is 2.78. The second-order valence-corrected chi connectivity index (χ2v) is 6.94. The summed E-state index contributed by atoms with van der Waals surface area (Å²) < 4.78 is 1.35. The number of amides is 1. The van der Waals surface area contributed by atoms with Gasteiger partial charge in [-0.05, 0) is 20.9 Å². The van der Waals surface area contributed by atoms with E-state index in [1.54, 1.807) is 13.8 Å². The van der Waals surface area contributed by atoms with Crippen molar-refractivity contribution in [3.63, 3.8) is 0 Å². The van der Waals surface area contributed by atoms with Crippen LogP contribution in [0.5, 0.6) is 0 Å². The van der Waals surface area contributed by atoms with E-state index in [-0.39, 0.29) is 18.1 Å². The summed E-state index contributed by atoms with van der Waals surface area (Å²) in [6.07, 6.45) is 0.877. The molecule has 0 unspecified atom stereocenters. The first kappa shape index (κ1) is 16.5. The molecular formula is C14H18N6O3S. The molecule has 1 N–H and O–H groups in total. The first-order chi connectivity index (χ1) is 11.3. The lowest BCUT2D eigenvalue weighted by Gasteiger charge is -2.20. The Hall–Kier alpha value is -2.33. The van der Waals surface area contributed by atoms with Crippen molar-refractivity contribution in [2.75, 3.05) is 18.9 Å². The molecule has 0 aromatic carbocycles. The van der Waals surface area contributed by atoms with Crippen molar-refractivity contribution in [1.82, 2.24) is 19.7 Å². The number of likely N-dealkylation sites (N-methyl/N-ethyl adjacent to an activating group) is 1. The summed E-state index contributed by atoms with van der Waals surface area (Å²) in [5, 5.41) is 18.4. The molecule has 9 nitrogen and oxygen atoms in total. The number of thiazole rings is 1. The number of fused-ring (bicyclic) bond motifs is 1. The number of aryl methyl sites for hydroxylation is 1. The van der Waals surface area contributed by atoms with E-state index in [0.717, 1.165) is 25.2 Å². The highest BCUT2D eigenvalue weighted by Crippen LogP contribution is 2.28. The minimum Gasteiger partial charge on any atom is -0.301 e. The molecule has 3 heterocycles. The van der Waals surface area contributed by atoms with Crippen LogP contribution in [-0.4, -0.2) is 44.1 Å². The number of carbonyl (C=O) groups is 1. The zero-order valence-electron chi connectivity index (χ0n) is 13.7. The van der Waals surface area contributed by atoms with Gasteiger partial charge in [0.15, 0.2) is 5.13 Å². The summed E-state index contributed by atoms with van der Waals surface area (Å²) in [6.45, 7) is 4.87. The van der Waals surface area contributed by atoms with Crippen molar-refractivity contribution in [2.45, 2.75) is 33.4 Å². The fraction of sp³-hybridized carbons (Fsp3) is 0.500. The van der Waals surface area contributed by atoms with E-state index in [9.17, 15) is 14.9 Å². The van der Waals surface area contributed by atoms with Crippen LogP contribution in [0.3, 0.4) is 0 Å². The maximum atomic E-state index is 12.2. The summed E-state index contributed by atoms with van der Waals surface area (Å²) in [7, 11) is 2.05. The van der Waals surface area contributed by atoms with E-state index in [1.807, 2.05) is 0 Å². The van der Waals surface area contributed by atoms with E-state index in [0.29, 0.717) is 16.5 Å². The average molecular weight is 350 g/mol. The van der Waals surface area contributed by atoms with Crippen molar-refractivity contribution in [1.29, 1.82) is 0 Å². The van der Waals surface area contributed by atoms with E-state index in [1.165, 1.54) is 20.9 Å². The zero-order chi connectivity index (χ0) is 17.4. The quantitative estimate of drug-likeness (QED) is 0.661.